The Morgan fingerprint density at radius 2 is 2.10 bits per heavy atom. The van der Waals surface area contributed by atoms with Crippen LogP contribution in [0.1, 0.15) is 13.8 Å². The van der Waals surface area contributed by atoms with E-state index in [2.05, 4.69) is 0 Å². The molecule has 2 heterocycles. The summed E-state index contributed by atoms with van der Waals surface area (Å²) < 4.78 is 4.82. The molecule has 0 aliphatic carbocycles. The number of amides is 1. The Bertz CT molecular complexity index is 606. The van der Waals surface area contributed by atoms with Crippen molar-refractivity contribution in [3.63, 3.8) is 0 Å². The fourth-order valence-corrected chi connectivity index (χ4v) is 3.41. The first-order valence-corrected chi connectivity index (χ1v) is 7.13. The number of ether oxygens (including phenoxy) is 1. The van der Waals surface area contributed by atoms with Gasteiger partial charge < -0.3 is 9.84 Å². The highest BCUT2D eigenvalue weighted by Crippen LogP contribution is 2.43. The second kappa shape index (κ2) is 5.72. The number of fused-ring (bicyclic) bond motifs is 1. The average Bonchev–Trinajstić information content (AvgIpc) is 2.40. The lowest BCUT2D eigenvalue weighted by molar-refractivity contribution is -0.142. The Morgan fingerprint density at radius 1 is 1.43 bits per heavy atom. The third-order valence-corrected chi connectivity index (χ3v) is 4.26. The first-order chi connectivity index (χ1) is 9.82. The standard InChI is InChI=1S/C13H13NO6S/c1-6(15)3-9-11(17)14-10(13(18)19)8(4-20-7(2)16)5-21-12(9)14/h3,12H,4-5H2,1-2H3,(H,18,19)/b9-3-/t12-/m1/s1. The third-order valence-electron chi connectivity index (χ3n) is 2.97. The van der Waals surface area contributed by atoms with E-state index in [1.54, 1.807) is 0 Å². The minimum atomic E-state index is -1.25. The largest absolute Gasteiger partial charge is 0.477 e. The van der Waals surface area contributed by atoms with Crippen molar-refractivity contribution < 1.29 is 29.0 Å². The molecule has 0 radical (unpaired) electrons. The summed E-state index contributed by atoms with van der Waals surface area (Å²) in [5, 5.41) is 8.83. The van der Waals surface area contributed by atoms with E-state index in [0.29, 0.717) is 16.9 Å². The molecular weight excluding hydrogens is 298 g/mol. The Morgan fingerprint density at radius 3 is 2.62 bits per heavy atom. The molecule has 0 aromatic heterocycles. The van der Waals surface area contributed by atoms with Gasteiger partial charge in [-0.1, -0.05) is 0 Å². The number of carboxylic acids is 1. The van der Waals surface area contributed by atoms with Crippen LogP contribution in [0.4, 0.5) is 0 Å². The van der Waals surface area contributed by atoms with Crippen LogP contribution in [0.25, 0.3) is 0 Å². The van der Waals surface area contributed by atoms with Gasteiger partial charge in [0.25, 0.3) is 5.91 Å². The third kappa shape index (κ3) is 2.85. The van der Waals surface area contributed by atoms with Gasteiger partial charge in [0.05, 0.1) is 5.57 Å². The van der Waals surface area contributed by atoms with Crippen LogP contribution in [0, 0.1) is 0 Å². The molecule has 0 bridgehead atoms. The fraction of sp³-hybridized carbons (Fsp3) is 0.385. The molecular formula is C13H13NO6S. The van der Waals surface area contributed by atoms with E-state index in [-0.39, 0.29) is 18.1 Å². The van der Waals surface area contributed by atoms with E-state index in [1.807, 2.05) is 0 Å². The number of esters is 1. The van der Waals surface area contributed by atoms with Crippen LogP contribution < -0.4 is 0 Å². The van der Waals surface area contributed by atoms with Crippen LogP contribution in [-0.2, 0) is 23.9 Å². The summed E-state index contributed by atoms with van der Waals surface area (Å²) >= 11 is 1.32. The van der Waals surface area contributed by atoms with Crippen LogP contribution in [-0.4, -0.2) is 51.4 Å². The summed E-state index contributed by atoms with van der Waals surface area (Å²) in [5.41, 5.74) is 0.512. The minimum absolute atomic E-state index is 0.160. The first-order valence-electron chi connectivity index (χ1n) is 6.09. The average molecular weight is 311 g/mol. The maximum absolute atomic E-state index is 12.0. The Kier molecular flexibility index (Phi) is 4.17. The van der Waals surface area contributed by atoms with E-state index < -0.39 is 23.2 Å². The van der Waals surface area contributed by atoms with Crippen LogP contribution in [0.2, 0.25) is 0 Å². The molecule has 2 aliphatic heterocycles. The number of allylic oxidation sites excluding steroid dienone is 1. The van der Waals surface area contributed by atoms with E-state index >= 15 is 0 Å². The second-order valence-corrected chi connectivity index (χ2v) is 5.65. The fourth-order valence-electron chi connectivity index (χ4n) is 2.13. The topological polar surface area (TPSA) is 101 Å². The number of thioether (sulfide) groups is 1. The Hall–Kier alpha value is -2.09. The summed E-state index contributed by atoms with van der Waals surface area (Å²) in [5.74, 6) is -2.21. The van der Waals surface area contributed by atoms with Gasteiger partial charge in [-0.3, -0.25) is 19.3 Å². The number of aliphatic carboxylic acids is 1. The maximum atomic E-state index is 12.0. The van der Waals surface area contributed by atoms with Gasteiger partial charge in [-0.05, 0) is 13.0 Å². The lowest BCUT2D eigenvalue weighted by Crippen LogP contribution is -2.56. The molecule has 0 aromatic rings. The summed E-state index contributed by atoms with van der Waals surface area (Å²) in [6.45, 7) is 2.39. The van der Waals surface area contributed by atoms with Crippen molar-refractivity contribution in [2.75, 3.05) is 12.4 Å². The molecule has 0 saturated carbocycles. The molecule has 1 N–H and O–H groups in total. The van der Waals surface area contributed by atoms with Gasteiger partial charge in [0.2, 0.25) is 0 Å². The number of carbonyl (C=O) groups is 4. The summed E-state index contributed by atoms with van der Waals surface area (Å²) in [4.78, 5) is 46.4. The van der Waals surface area contributed by atoms with Crippen molar-refractivity contribution in [3.8, 4) is 0 Å². The van der Waals surface area contributed by atoms with Crippen molar-refractivity contribution in [1.82, 2.24) is 4.90 Å². The van der Waals surface area contributed by atoms with Gasteiger partial charge >= 0.3 is 11.9 Å². The number of nitrogens with zero attached hydrogens (tertiary/aromatic N) is 1. The van der Waals surface area contributed by atoms with Gasteiger partial charge in [-0.15, -0.1) is 11.8 Å². The predicted octanol–water partition coefficient (Wildman–Crippen LogP) is 0.319. The highest BCUT2D eigenvalue weighted by Gasteiger charge is 2.49. The minimum Gasteiger partial charge on any atom is -0.477 e. The van der Waals surface area contributed by atoms with Crippen molar-refractivity contribution in [2.45, 2.75) is 19.2 Å². The summed E-state index contributed by atoms with van der Waals surface area (Å²) in [6, 6.07) is 0. The SMILES string of the molecule is CC(=O)/C=C1/C(=O)N2C(C(=O)O)=C(COC(C)=O)CS[C@H]12. The van der Waals surface area contributed by atoms with Gasteiger partial charge in [0.15, 0.2) is 5.78 Å². The molecule has 21 heavy (non-hydrogen) atoms. The molecule has 1 saturated heterocycles. The van der Waals surface area contributed by atoms with Crippen molar-refractivity contribution in [3.05, 3.63) is 22.9 Å². The van der Waals surface area contributed by atoms with Crippen molar-refractivity contribution in [1.29, 1.82) is 0 Å². The van der Waals surface area contributed by atoms with Gasteiger partial charge in [-0.2, -0.15) is 0 Å². The van der Waals surface area contributed by atoms with Gasteiger partial charge in [0.1, 0.15) is 17.7 Å². The number of ketones is 1. The van der Waals surface area contributed by atoms with Crippen LogP contribution >= 0.6 is 11.8 Å². The normalized spacial score (nSPS) is 22.8. The zero-order valence-corrected chi connectivity index (χ0v) is 12.2. The predicted molar refractivity (Wildman–Crippen MR) is 73.2 cm³/mol. The Labute approximate surface area is 124 Å². The molecule has 1 fully saturated rings. The smallest absolute Gasteiger partial charge is 0.352 e. The summed E-state index contributed by atoms with van der Waals surface area (Å²) in [6.07, 6.45) is 1.23. The van der Waals surface area contributed by atoms with Crippen molar-refractivity contribution in [2.24, 2.45) is 0 Å². The van der Waals surface area contributed by atoms with Crippen LogP contribution in [0.5, 0.6) is 0 Å². The van der Waals surface area contributed by atoms with Crippen LogP contribution in [0.3, 0.4) is 0 Å². The molecule has 1 amide bonds. The van der Waals surface area contributed by atoms with Gasteiger partial charge in [-0.25, -0.2) is 4.79 Å². The number of carboxylic acid groups (broad SMARTS) is 1. The number of carbonyl (C=O) groups excluding carboxylic acids is 3. The van der Waals surface area contributed by atoms with Gasteiger partial charge in [0, 0.05) is 18.2 Å². The first kappa shape index (κ1) is 15.3. The molecule has 0 unspecified atom stereocenters. The zero-order chi connectivity index (χ0) is 15.7. The highest BCUT2D eigenvalue weighted by atomic mass is 32.2. The molecule has 2 aliphatic rings. The van der Waals surface area contributed by atoms with E-state index in [9.17, 15) is 24.3 Å². The lowest BCUT2D eigenvalue weighted by atomic mass is 10.0. The quantitative estimate of drug-likeness (QED) is 0.453. The summed E-state index contributed by atoms with van der Waals surface area (Å²) in [7, 11) is 0. The second-order valence-electron chi connectivity index (χ2n) is 4.59. The molecule has 7 nitrogen and oxygen atoms in total. The zero-order valence-electron chi connectivity index (χ0n) is 11.4. The Balaban J connectivity index is 2.30. The number of rotatable bonds is 4. The molecule has 1 atom stereocenters. The maximum Gasteiger partial charge on any atom is 0.352 e. The number of β-lactam (4-membered cyclic amide) rings is 1. The number of hydrogen-bond acceptors (Lipinski definition) is 6. The lowest BCUT2D eigenvalue weighted by Gasteiger charge is -2.45. The van der Waals surface area contributed by atoms with E-state index in [0.717, 1.165) is 4.90 Å². The van der Waals surface area contributed by atoms with E-state index in [1.165, 1.54) is 31.7 Å². The molecule has 0 spiro atoms. The molecule has 8 heteroatoms. The highest BCUT2D eigenvalue weighted by molar-refractivity contribution is 8.00. The van der Waals surface area contributed by atoms with E-state index in [4.69, 9.17) is 4.74 Å². The monoisotopic (exact) mass is 311 g/mol. The number of hydrogen-bond donors (Lipinski definition) is 1. The molecule has 0 aromatic carbocycles. The van der Waals surface area contributed by atoms with Crippen molar-refractivity contribution >= 4 is 35.4 Å². The molecule has 2 rings (SSSR count). The molecule has 112 valence electrons. The van der Waals surface area contributed by atoms with Crippen LogP contribution in [0.15, 0.2) is 22.9 Å².